The zero-order valence-electron chi connectivity index (χ0n) is 18.9. The molecule has 1 amide bonds. The van der Waals surface area contributed by atoms with Gasteiger partial charge in [-0.2, -0.15) is 5.10 Å². The SMILES string of the molecule is Cc1cc(/C=N\NC(=O)CN(c2cccc([N+](=O)[O-])c2)S(C)(=O)=O)c(C)n1-c1ccc(Cl)cc1Cl. The molecule has 3 aromatic rings. The number of hydrogen-bond donors (Lipinski definition) is 1. The van der Waals surface area contributed by atoms with Crippen LogP contribution in [0.5, 0.6) is 0 Å². The van der Waals surface area contributed by atoms with Crippen LogP contribution >= 0.6 is 23.2 Å². The average Bonchev–Trinajstić information content (AvgIpc) is 3.04. The van der Waals surface area contributed by atoms with Crippen molar-refractivity contribution in [3.63, 3.8) is 0 Å². The molecule has 0 aliphatic rings. The van der Waals surface area contributed by atoms with Crippen molar-refractivity contribution in [2.45, 2.75) is 13.8 Å². The van der Waals surface area contributed by atoms with Crippen LogP contribution in [0, 0.1) is 24.0 Å². The van der Waals surface area contributed by atoms with Gasteiger partial charge in [0, 0.05) is 34.1 Å². The van der Waals surface area contributed by atoms with E-state index in [0.717, 1.165) is 33.7 Å². The number of rotatable bonds is 8. The molecule has 0 aliphatic heterocycles. The molecule has 184 valence electrons. The predicted molar refractivity (Wildman–Crippen MR) is 136 cm³/mol. The Bertz CT molecular complexity index is 1440. The van der Waals surface area contributed by atoms with Gasteiger partial charge in [0.2, 0.25) is 10.0 Å². The highest BCUT2D eigenvalue weighted by Crippen LogP contribution is 2.28. The van der Waals surface area contributed by atoms with E-state index in [0.29, 0.717) is 15.6 Å². The minimum absolute atomic E-state index is 0.00998. The van der Waals surface area contributed by atoms with Crippen molar-refractivity contribution in [3.8, 4) is 5.69 Å². The number of nitrogens with one attached hydrogen (secondary N) is 1. The van der Waals surface area contributed by atoms with E-state index in [-0.39, 0.29) is 11.4 Å². The van der Waals surface area contributed by atoms with Gasteiger partial charge in [0.15, 0.2) is 0 Å². The molecular weight excluding hydrogens is 517 g/mol. The Morgan fingerprint density at radius 1 is 1.20 bits per heavy atom. The number of nitro groups is 1. The molecule has 3 rings (SSSR count). The molecule has 1 aromatic heterocycles. The topological polar surface area (TPSA) is 127 Å². The van der Waals surface area contributed by atoms with Crippen molar-refractivity contribution in [2.75, 3.05) is 17.1 Å². The number of anilines is 1. The van der Waals surface area contributed by atoms with Gasteiger partial charge in [0.1, 0.15) is 6.54 Å². The maximum absolute atomic E-state index is 12.4. The number of halogens is 2. The molecule has 0 aliphatic carbocycles. The number of nitrogens with zero attached hydrogens (tertiary/aromatic N) is 4. The second kappa shape index (κ2) is 10.5. The van der Waals surface area contributed by atoms with Crippen LogP contribution in [0.25, 0.3) is 5.69 Å². The minimum Gasteiger partial charge on any atom is -0.316 e. The smallest absolute Gasteiger partial charge is 0.271 e. The van der Waals surface area contributed by atoms with Gasteiger partial charge >= 0.3 is 0 Å². The first kappa shape index (κ1) is 26.2. The zero-order chi connectivity index (χ0) is 25.9. The Hall–Kier alpha value is -3.41. The lowest BCUT2D eigenvalue weighted by Gasteiger charge is -2.21. The van der Waals surface area contributed by atoms with E-state index in [9.17, 15) is 23.3 Å². The van der Waals surface area contributed by atoms with Crippen LogP contribution in [0.15, 0.2) is 53.6 Å². The molecule has 0 radical (unpaired) electrons. The summed E-state index contributed by atoms with van der Waals surface area (Å²) in [6, 6.07) is 12.0. The van der Waals surface area contributed by atoms with Crippen LogP contribution in [0.3, 0.4) is 0 Å². The van der Waals surface area contributed by atoms with E-state index in [2.05, 4.69) is 10.5 Å². The number of carbonyl (C=O) groups excluding carboxylic acids is 1. The summed E-state index contributed by atoms with van der Waals surface area (Å²) in [5.74, 6) is -0.729. The lowest BCUT2D eigenvalue weighted by Crippen LogP contribution is -2.39. The van der Waals surface area contributed by atoms with Crippen molar-refractivity contribution in [1.29, 1.82) is 0 Å². The summed E-state index contributed by atoms with van der Waals surface area (Å²) in [5.41, 5.74) is 5.09. The van der Waals surface area contributed by atoms with Gasteiger partial charge in [-0.15, -0.1) is 0 Å². The van der Waals surface area contributed by atoms with Crippen LogP contribution < -0.4 is 9.73 Å². The number of non-ortho nitro benzene ring substituents is 1. The largest absolute Gasteiger partial charge is 0.316 e. The molecule has 1 heterocycles. The van der Waals surface area contributed by atoms with E-state index in [1.807, 2.05) is 24.5 Å². The number of nitro benzene ring substituents is 1. The predicted octanol–water partition coefficient (Wildman–Crippen LogP) is 4.23. The number of aromatic nitrogens is 1. The fraction of sp³-hybridized carbons (Fsp3) is 0.182. The fourth-order valence-corrected chi connectivity index (χ4v) is 4.79. The second-order valence-corrected chi connectivity index (χ2v) is 10.3. The third kappa shape index (κ3) is 6.18. The van der Waals surface area contributed by atoms with Gasteiger partial charge in [0.25, 0.3) is 11.6 Å². The summed E-state index contributed by atoms with van der Waals surface area (Å²) in [7, 11) is -3.91. The number of sulfonamides is 1. The first-order valence-electron chi connectivity index (χ1n) is 10.1. The van der Waals surface area contributed by atoms with Crippen molar-refractivity contribution in [1.82, 2.24) is 9.99 Å². The van der Waals surface area contributed by atoms with Crippen LogP contribution in [-0.4, -0.2) is 42.8 Å². The summed E-state index contributed by atoms with van der Waals surface area (Å²) < 4.78 is 27.1. The molecule has 0 spiro atoms. The molecular formula is C22H21Cl2N5O5S. The van der Waals surface area contributed by atoms with Crippen molar-refractivity contribution >= 4 is 56.7 Å². The lowest BCUT2D eigenvalue weighted by molar-refractivity contribution is -0.384. The molecule has 0 saturated carbocycles. The average molecular weight is 538 g/mol. The third-order valence-electron chi connectivity index (χ3n) is 5.03. The molecule has 0 fully saturated rings. The van der Waals surface area contributed by atoms with Gasteiger partial charge in [0.05, 0.1) is 33.8 Å². The summed E-state index contributed by atoms with van der Waals surface area (Å²) in [4.78, 5) is 22.8. The first-order chi connectivity index (χ1) is 16.4. The van der Waals surface area contributed by atoms with Crippen molar-refractivity contribution < 1.29 is 18.1 Å². The monoisotopic (exact) mass is 537 g/mol. The van der Waals surface area contributed by atoms with Crippen molar-refractivity contribution in [2.24, 2.45) is 5.10 Å². The third-order valence-corrected chi connectivity index (χ3v) is 6.71. The molecule has 0 atom stereocenters. The maximum atomic E-state index is 12.4. The molecule has 0 bridgehead atoms. The summed E-state index contributed by atoms with van der Waals surface area (Å²) in [6.45, 7) is 3.13. The number of aryl methyl sites for hydroxylation is 1. The standard InChI is InChI=1S/C22H21Cl2N5O5S/c1-14-9-16(15(2)28(14)21-8-7-17(23)10-20(21)24)12-25-26-22(30)13-27(35(3,33)34)18-5-4-6-19(11-18)29(31)32/h4-12H,13H2,1-3H3,(H,26,30)/b25-12-. The number of benzene rings is 2. The van der Waals surface area contributed by atoms with Gasteiger partial charge in [-0.1, -0.05) is 29.3 Å². The molecule has 10 nitrogen and oxygen atoms in total. The van der Waals surface area contributed by atoms with Crippen LogP contribution in [-0.2, 0) is 14.8 Å². The normalized spacial score (nSPS) is 11.6. The molecule has 2 aromatic carbocycles. The quantitative estimate of drug-likeness (QED) is 0.261. The highest BCUT2D eigenvalue weighted by Gasteiger charge is 2.22. The summed E-state index contributed by atoms with van der Waals surface area (Å²) in [6.07, 6.45) is 2.33. The number of amides is 1. The molecule has 0 saturated heterocycles. The van der Waals surface area contributed by atoms with Gasteiger partial charge in [-0.3, -0.25) is 19.2 Å². The molecule has 1 N–H and O–H groups in total. The van der Waals surface area contributed by atoms with E-state index >= 15 is 0 Å². The molecule has 0 unspecified atom stereocenters. The zero-order valence-corrected chi connectivity index (χ0v) is 21.2. The highest BCUT2D eigenvalue weighted by atomic mass is 35.5. The van der Waals surface area contributed by atoms with Gasteiger partial charge in [-0.05, 0) is 44.2 Å². The van der Waals surface area contributed by atoms with Crippen molar-refractivity contribution in [3.05, 3.63) is 85.6 Å². The van der Waals surface area contributed by atoms with E-state index in [1.54, 1.807) is 18.2 Å². The summed E-state index contributed by atoms with van der Waals surface area (Å²) >= 11 is 12.3. The first-order valence-corrected chi connectivity index (χ1v) is 12.7. The highest BCUT2D eigenvalue weighted by molar-refractivity contribution is 7.92. The minimum atomic E-state index is -3.91. The maximum Gasteiger partial charge on any atom is 0.271 e. The fourth-order valence-electron chi connectivity index (χ4n) is 3.45. The second-order valence-electron chi connectivity index (χ2n) is 7.60. The number of carbonyl (C=O) groups is 1. The van der Waals surface area contributed by atoms with Crippen LogP contribution in [0.1, 0.15) is 17.0 Å². The Morgan fingerprint density at radius 2 is 1.91 bits per heavy atom. The van der Waals surface area contributed by atoms with Crippen LogP contribution in [0.4, 0.5) is 11.4 Å². The van der Waals surface area contributed by atoms with E-state index in [1.165, 1.54) is 24.4 Å². The Labute approximate surface area is 212 Å². The Morgan fingerprint density at radius 3 is 2.54 bits per heavy atom. The lowest BCUT2D eigenvalue weighted by atomic mass is 10.2. The molecule has 35 heavy (non-hydrogen) atoms. The molecule has 13 heteroatoms. The van der Waals surface area contributed by atoms with Gasteiger partial charge < -0.3 is 4.57 Å². The number of hydrogen-bond acceptors (Lipinski definition) is 6. The Kier molecular flexibility index (Phi) is 7.83. The Balaban J connectivity index is 1.78. The van der Waals surface area contributed by atoms with E-state index in [4.69, 9.17) is 23.2 Å². The van der Waals surface area contributed by atoms with Crippen LogP contribution in [0.2, 0.25) is 10.0 Å². The van der Waals surface area contributed by atoms with Gasteiger partial charge in [-0.25, -0.2) is 13.8 Å². The van der Waals surface area contributed by atoms with E-state index < -0.39 is 27.4 Å². The number of hydrazone groups is 1. The summed E-state index contributed by atoms with van der Waals surface area (Å²) in [5, 5.41) is 15.9.